The summed E-state index contributed by atoms with van der Waals surface area (Å²) in [5.74, 6) is -2.06. The van der Waals surface area contributed by atoms with E-state index in [1.807, 2.05) is 4.90 Å². The summed E-state index contributed by atoms with van der Waals surface area (Å²) >= 11 is 0. The van der Waals surface area contributed by atoms with Gasteiger partial charge in [-0.2, -0.15) is 0 Å². The van der Waals surface area contributed by atoms with E-state index < -0.39 is 35.5 Å². The average Bonchev–Trinajstić information content (AvgIpc) is 3.30. The minimum absolute atomic E-state index is 0. The maximum absolute atomic E-state index is 14.8. The molecule has 29 heavy (non-hydrogen) atoms. The number of fused-ring (bicyclic) bond motifs is 2. The van der Waals surface area contributed by atoms with E-state index in [1.165, 1.54) is 6.07 Å². The first kappa shape index (κ1) is 19.8. The van der Waals surface area contributed by atoms with E-state index >= 15 is 0 Å². The first-order valence-corrected chi connectivity index (χ1v) is 9.45. The number of hydrogen-bond donors (Lipinski definition) is 2. The van der Waals surface area contributed by atoms with Crippen LogP contribution in [0.3, 0.4) is 0 Å². The molecule has 4 heterocycles. The van der Waals surface area contributed by atoms with Gasteiger partial charge >= 0.3 is 0 Å². The van der Waals surface area contributed by atoms with Gasteiger partial charge in [0.05, 0.1) is 16.8 Å². The van der Waals surface area contributed by atoms with Crippen molar-refractivity contribution >= 4 is 41.7 Å². The zero-order valence-corrected chi connectivity index (χ0v) is 16.3. The third kappa shape index (κ3) is 3.00. The smallest absolute Gasteiger partial charge is 0.262 e. The number of anilines is 1. The number of halogens is 2. The molecular formula is C19H20ClFN4O4. The molecular weight excluding hydrogens is 403 g/mol. The summed E-state index contributed by atoms with van der Waals surface area (Å²) < 4.78 is 14.8. The van der Waals surface area contributed by atoms with Crippen molar-refractivity contribution in [2.75, 3.05) is 31.1 Å². The highest BCUT2D eigenvalue weighted by atomic mass is 35.5. The number of nitrogens with zero attached hydrogens (tertiary/aromatic N) is 2. The number of nitrogens with one attached hydrogen (secondary N) is 2. The predicted molar refractivity (Wildman–Crippen MR) is 102 cm³/mol. The van der Waals surface area contributed by atoms with Crippen molar-refractivity contribution in [3.05, 3.63) is 29.1 Å². The molecule has 3 saturated heterocycles. The lowest BCUT2D eigenvalue weighted by molar-refractivity contribution is -0.136. The number of piperidine rings is 1. The minimum Gasteiger partial charge on any atom is -0.368 e. The van der Waals surface area contributed by atoms with Gasteiger partial charge in [-0.25, -0.2) is 4.39 Å². The van der Waals surface area contributed by atoms with E-state index in [2.05, 4.69) is 10.6 Å². The molecule has 4 aliphatic heterocycles. The largest absolute Gasteiger partial charge is 0.368 e. The Labute approximate surface area is 172 Å². The minimum atomic E-state index is -1.05. The van der Waals surface area contributed by atoms with Gasteiger partial charge in [-0.05, 0) is 30.4 Å². The summed E-state index contributed by atoms with van der Waals surface area (Å²) in [4.78, 5) is 51.9. The second-order valence-corrected chi connectivity index (χ2v) is 7.88. The SMILES string of the molecule is Cl.O=C1CCC(N2C(=O)c3cc(F)c(N4C[C@H]5CNC[C@H]5C4)cc3C2=O)C(=O)N1. The monoisotopic (exact) mass is 422 g/mol. The van der Waals surface area contributed by atoms with Gasteiger partial charge in [-0.3, -0.25) is 29.4 Å². The number of rotatable bonds is 2. The lowest BCUT2D eigenvalue weighted by atomic mass is 10.0. The summed E-state index contributed by atoms with van der Waals surface area (Å²) in [5, 5.41) is 5.48. The van der Waals surface area contributed by atoms with Gasteiger partial charge in [0.25, 0.3) is 11.8 Å². The van der Waals surface area contributed by atoms with Crippen molar-refractivity contribution < 1.29 is 23.6 Å². The molecule has 154 valence electrons. The van der Waals surface area contributed by atoms with Crippen LogP contribution in [0.15, 0.2) is 12.1 Å². The Morgan fingerprint density at radius 3 is 2.21 bits per heavy atom. The number of hydrogen-bond acceptors (Lipinski definition) is 6. The fourth-order valence-corrected chi connectivity index (χ4v) is 4.77. The van der Waals surface area contributed by atoms with Crippen LogP contribution in [0.5, 0.6) is 0 Å². The number of benzene rings is 1. The van der Waals surface area contributed by atoms with Crippen molar-refractivity contribution in [3.63, 3.8) is 0 Å². The molecule has 0 aliphatic carbocycles. The normalized spacial score (nSPS) is 28.4. The number of imide groups is 2. The second kappa shape index (κ2) is 7.07. The van der Waals surface area contributed by atoms with E-state index in [9.17, 15) is 23.6 Å². The van der Waals surface area contributed by atoms with Crippen molar-refractivity contribution in [1.29, 1.82) is 0 Å². The Hall–Kier alpha value is -2.52. The highest BCUT2D eigenvalue weighted by Gasteiger charge is 2.46. The molecule has 5 rings (SSSR count). The van der Waals surface area contributed by atoms with Gasteiger partial charge in [-0.15, -0.1) is 12.4 Å². The number of carbonyl (C=O) groups is 4. The van der Waals surface area contributed by atoms with Crippen molar-refractivity contribution in [2.45, 2.75) is 18.9 Å². The summed E-state index contributed by atoms with van der Waals surface area (Å²) in [6.45, 7) is 3.20. The van der Waals surface area contributed by atoms with E-state index in [1.54, 1.807) is 0 Å². The molecule has 0 spiro atoms. The quantitative estimate of drug-likeness (QED) is 0.665. The zero-order valence-electron chi connectivity index (χ0n) is 15.4. The molecule has 2 N–H and O–H groups in total. The summed E-state index contributed by atoms with van der Waals surface area (Å²) in [6, 6.07) is 1.49. The topological polar surface area (TPSA) is 98.8 Å². The Kier molecular flexibility index (Phi) is 4.82. The highest BCUT2D eigenvalue weighted by Crippen LogP contribution is 2.36. The van der Waals surface area contributed by atoms with Gasteiger partial charge in [0.2, 0.25) is 11.8 Å². The van der Waals surface area contributed by atoms with Crippen LogP contribution in [0.1, 0.15) is 33.6 Å². The molecule has 10 heteroatoms. The van der Waals surface area contributed by atoms with Crippen LogP contribution in [-0.4, -0.2) is 60.7 Å². The Morgan fingerprint density at radius 1 is 0.966 bits per heavy atom. The van der Waals surface area contributed by atoms with E-state index in [0.717, 1.165) is 24.1 Å². The molecule has 1 aromatic carbocycles. The van der Waals surface area contributed by atoms with Gasteiger partial charge in [0, 0.05) is 32.6 Å². The fraction of sp³-hybridized carbons (Fsp3) is 0.474. The van der Waals surface area contributed by atoms with Crippen molar-refractivity contribution in [2.24, 2.45) is 11.8 Å². The van der Waals surface area contributed by atoms with Crippen LogP contribution in [0.4, 0.5) is 10.1 Å². The Balaban J connectivity index is 0.00000205. The molecule has 1 unspecified atom stereocenters. The Morgan fingerprint density at radius 2 is 1.59 bits per heavy atom. The van der Waals surface area contributed by atoms with Crippen LogP contribution in [-0.2, 0) is 9.59 Å². The molecule has 0 radical (unpaired) electrons. The molecule has 3 atom stereocenters. The van der Waals surface area contributed by atoms with E-state index in [-0.39, 0.29) is 36.4 Å². The molecule has 3 fully saturated rings. The van der Waals surface area contributed by atoms with Crippen LogP contribution in [0, 0.1) is 17.7 Å². The van der Waals surface area contributed by atoms with Crippen molar-refractivity contribution in [3.8, 4) is 0 Å². The highest BCUT2D eigenvalue weighted by molar-refractivity contribution is 6.23. The molecule has 1 aromatic rings. The lowest BCUT2D eigenvalue weighted by Crippen LogP contribution is -2.54. The zero-order chi connectivity index (χ0) is 19.6. The van der Waals surface area contributed by atoms with Crippen LogP contribution in [0.25, 0.3) is 0 Å². The molecule has 4 aliphatic rings. The van der Waals surface area contributed by atoms with Crippen LogP contribution < -0.4 is 15.5 Å². The maximum atomic E-state index is 14.8. The van der Waals surface area contributed by atoms with Gasteiger partial charge in [0.15, 0.2) is 0 Å². The van der Waals surface area contributed by atoms with E-state index in [0.29, 0.717) is 30.6 Å². The number of amides is 4. The third-order valence-corrected chi connectivity index (χ3v) is 6.24. The third-order valence-electron chi connectivity index (χ3n) is 6.24. The molecule has 0 saturated carbocycles. The molecule has 8 nitrogen and oxygen atoms in total. The first-order chi connectivity index (χ1) is 13.4. The second-order valence-electron chi connectivity index (χ2n) is 7.88. The summed E-state index contributed by atoms with van der Waals surface area (Å²) in [6.07, 6.45) is 0.127. The van der Waals surface area contributed by atoms with Gasteiger partial charge in [0.1, 0.15) is 11.9 Å². The Bertz CT molecular complexity index is 927. The summed E-state index contributed by atoms with van der Waals surface area (Å²) in [7, 11) is 0. The molecule has 4 amide bonds. The van der Waals surface area contributed by atoms with Gasteiger partial charge in [-0.1, -0.05) is 0 Å². The predicted octanol–water partition coefficient (Wildman–Crippen LogP) is 0.304. The maximum Gasteiger partial charge on any atom is 0.262 e. The van der Waals surface area contributed by atoms with Crippen LogP contribution >= 0.6 is 12.4 Å². The number of carbonyl (C=O) groups excluding carboxylic acids is 4. The van der Waals surface area contributed by atoms with Gasteiger partial charge < -0.3 is 10.2 Å². The standard InChI is InChI=1S/C19H19FN4O4.ClH/c20-13-3-11-12(4-15(13)23-7-9-5-21-6-10(9)8-23)19(28)24(18(11)27)14-1-2-16(25)22-17(14)26;/h3-4,9-10,14,21H,1-2,5-8H2,(H,22,25,26);1H/t9-,10+,14?;. The fourth-order valence-electron chi connectivity index (χ4n) is 4.77. The average molecular weight is 423 g/mol. The van der Waals surface area contributed by atoms with Crippen molar-refractivity contribution in [1.82, 2.24) is 15.5 Å². The van der Waals surface area contributed by atoms with Crippen LogP contribution in [0.2, 0.25) is 0 Å². The molecule has 0 aromatic heterocycles. The first-order valence-electron chi connectivity index (χ1n) is 9.45. The molecule has 0 bridgehead atoms. The summed E-state index contributed by atoms with van der Waals surface area (Å²) in [5.41, 5.74) is 0.401. The van der Waals surface area contributed by atoms with E-state index in [4.69, 9.17) is 0 Å². The lowest BCUT2D eigenvalue weighted by Gasteiger charge is -2.27.